The molecule has 1 aromatic rings. The van der Waals surface area contributed by atoms with E-state index in [1.807, 2.05) is 0 Å². The van der Waals surface area contributed by atoms with Crippen LogP contribution < -0.4 is 5.32 Å². The summed E-state index contributed by atoms with van der Waals surface area (Å²) < 4.78 is 0.849. The highest BCUT2D eigenvalue weighted by atomic mass is 16.2. The van der Waals surface area contributed by atoms with Crippen LogP contribution in [0.2, 0.25) is 0 Å². The first-order chi connectivity index (χ1) is 10.1. The van der Waals surface area contributed by atoms with Gasteiger partial charge < -0.3 is 9.80 Å². The second-order valence-corrected chi connectivity index (χ2v) is 5.65. The van der Waals surface area contributed by atoms with E-state index < -0.39 is 0 Å². The van der Waals surface area contributed by atoms with Gasteiger partial charge in [0.1, 0.15) is 0 Å². The van der Waals surface area contributed by atoms with Gasteiger partial charge in [-0.3, -0.25) is 4.79 Å². The minimum absolute atomic E-state index is 0.135. The molecule has 3 nitrogen and oxygen atoms in total. The molecule has 0 aliphatic carbocycles. The van der Waals surface area contributed by atoms with Crippen LogP contribution in [0.3, 0.4) is 0 Å². The molecular formula is C18H31N2O+. The quantitative estimate of drug-likeness (QED) is 0.728. The van der Waals surface area contributed by atoms with Crippen molar-refractivity contribution in [3.63, 3.8) is 0 Å². The summed E-state index contributed by atoms with van der Waals surface area (Å²) in [6, 6.07) is 6.30. The molecule has 1 aromatic carbocycles. The predicted molar refractivity (Wildman–Crippen MR) is 90.6 cm³/mol. The van der Waals surface area contributed by atoms with E-state index in [0.717, 1.165) is 42.6 Å². The van der Waals surface area contributed by atoms with Crippen molar-refractivity contribution >= 4 is 11.6 Å². The Morgan fingerprint density at radius 2 is 1.43 bits per heavy atom. The summed E-state index contributed by atoms with van der Waals surface area (Å²) in [4.78, 5) is 12.5. The Morgan fingerprint density at radius 1 is 0.952 bits per heavy atom. The monoisotopic (exact) mass is 291 g/mol. The van der Waals surface area contributed by atoms with Crippen LogP contribution in [0.4, 0.5) is 5.69 Å². The zero-order valence-corrected chi connectivity index (χ0v) is 14.3. The van der Waals surface area contributed by atoms with E-state index in [9.17, 15) is 4.79 Å². The molecule has 0 saturated carbocycles. The third-order valence-electron chi connectivity index (χ3n) is 4.75. The molecule has 0 atom stereocenters. The molecule has 1 N–H and O–H groups in total. The molecule has 0 aliphatic heterocycles. The van der Waals surface area contributed by atoms with E-state index in [2.05, 4.69) is 58.1 Å². The zero-order valence-electron chi connectivity index (χ0n) is 14.3. The molecule has 0 saturated heterocycles. The number of hydrogen-bond acceptors (Lipinski definition) is 1. The highest BCUT2D eigenvalue weighted by Gasteiger charge is 2.25. The number of hydrogen-bond donors (Lipinski definition) is 1. The van der Waals surface area contributed by atoms with Crippen LogP contribution in [0.25, 0.3) is 0 Å². The van der Waals surface area contributed by atoms with Gasteiger partial charge in [0.25, 0.3) is 5.91 Å². The van der Waals surface area contributed by atoms with Crippen LogP contribution in [0.1, 0.15) is 45.7 Å². The number of likely N-dealkylation sites (N-methyl/N-ethyl adjacent to an activating group) is 1. The maximum atomic E-state index is 12.5. The van der Waals surface area contributed by atoms with E-state index in [-0.39, 0.29) is 5.91 Å². The van der Waals surface area contributed by atoms with Gasteiger partial charge in [-0.05, 0) is 44.7 Å². The number of nitrogens with one attached hydrogen (secondary N) is 1. The molecule has 118 valence electrons. The molecule has 0 aromatic heterocycles. The first kappa shape index (κ1) is 17.7. The molecule has 0 aliphatic rings. The highest BCUT2D eigenvalue weighted by Crippen LogP contribution is 2.22. The number of rotatable bonds is 8. The van der Waals surface area contributed by atoms with Crippen LogP contribution in [0.15, 0.2) is 18.2 Å². The first-order valence-electron chi connectivity index (χ1n) is 8.31. The van der Waals surface area contributed by atoms with Crippen molar-refractivity contribution in [2.75, 3.05) is 31.5 Å². The smallest absolute Gasteiger partial charge is 0.279 e. The number of amides is 1. The second kappa shape index (κ2) is 8.18. The number of para-hydroxylation sites is 1. The van der Waals surface area contributed by atoms with E-state index in [4.69, 9.17) is 0 Å². The largest absolute Gasteiger partial charge is 0.321 e. The molecule has 0 heterocycles. The van der Waals surface area contributed by atoms with E-state index in [0.29, 0.717) is 6.54 Å². The van der Waals surface area contributed by atoms with Gasteiger partial charge in [0.05, 0.1) is 19.6 Å². The number of nitrogens with zero attached hydrogens (tertiary/aromatic N) is 1. The lowest BCUT2D eigenvalue weighted by Gasteiger charge is -2.35. The zero-order chi connectivity index (χ0) is 15.9. The molecular weight excluding hydrogens is 260 g/mol. The molecule has 1 amide bonds. The summed E-state index contributed by atoms with van der Waals surface area (Å²) in [5.74, 6) is 0.135. The Labute approximate surface area is 129 Å². The number of carbonyl (C=O) groups is 1. The number of benzene rings is 1. The molecule has 0 bridgehead atoms. The van der Waals surface area contributed by atoms with Crippen molar-refractivity contribution in [3.05, 3.63) is 29.3 Å². The Morgan fingerprint density at radius 3 is 1.81 bits per heavy atom. The number of aryl methyl sites for hydroxylation is 2. The van der Waals surface area contributed by atoms with Crippen LogP contribution in [-0.2, 0) is 17.6 Å². The molecule has 3 heteroatoms. The highest BCUT2D eigenvalue weighted by molar-refractivity contribution is 5.93. The summed E-state index contributed by atoms with van der Waals surface area (Å²) in [5, 5.41) is 3.18. The minimum Gasteiger partial charge on any atom is -0.321 e. The summed E-state index contributed by atoms with van der Waals surface area (Å²) in [6.45, 7) is 14.3. The average molecular weight is 291 g/mol. The second-order valence-electron chi connectivity index (χ2n) is 5.65. The van der Waals surface area contributed by atoms with Crippen LogP contribution in [0, 0.1) is 0 Å². The van der Waals surface area contributed by atoms with Gasteiger partial charge in [-0.2, -0.15) is 0 Å². The first-order valence-corrected chi connectivity index (χ1v) is 8.31. The minimum atomic E-state index is 0.135. The van der Waals surface area contributed by atoms with Crippen molar-refractivity contribution in [2.45, 2.75) is 47.5 Å². The van der Waals surface area contributed by atoms with Crippen molar-refractivity contribution < 1.29 is 9.28 Å². The Bertz CT molecular complexity index is 434. The normalized spacial score (nSPS) is 11.5. The summed E-state index contributed by atoms with van der Waals surface area (Å²) in [6.07, 6.45) is 1.89. The fraction of sp³-hybridized carbons (Fsp3) is 0.611. The molecule has 0 radical (unpaired) electrons. The number of quaternary nitrogens is 1. The maximum absolute atomic E-state index is 12.5. The molecule has 1 rings (SSSR count). The van der Waals surface area contributed by atoms with E-state index >= 15 is 0 Å². The Hall–Kier alpha value is -1.35. The number of anilines is 1. The van der Waals surface area contributed by atoms with Gasteiger partial charge >= 0.3 is 0 Å². The standard InChI is InChI=1S/C18H30N2O/c1-6-15-12-11-13-16(7-2)18(15)19-17(21)14-20(8-3,9-4)10-5/h11-13H,6-10,14H2,1-5H3/p+1. The van der Waals surface area contributed by atoms with Crippen molar-refractivity contribution in [1.29, 1.82) is 0 Å². The van der Waals surface area contributed by atoms with E-state index in [1.54, 1.807) is 0 Å². The van der Waals surface area contributed by atoms with Gasteiger partial charge in [-0.25, -0.2) is 0 Å². The predicted octanol–water partition coefficient (Wildman–Crippen LogP) is 3.63. The topological polar surface area (TPSA) is 29.1 Å². The van der Waals surface area contributed by atoms with Crippen LogP contribution >= 0.6 is 0 Å². The molecule has 0 fully saturated rings. The Kier molecular flexibility index (Phi) is 6.90. The maximum Gasteiger partial charge on any atom is 0.279 e. The summed E-state index contributed by atoms with van der Waals surface area (Å²) >= 11 is 0. The molecule has 21 heavy (non-hydrogen) atoms. The lowest BCUT2D eigenvalue weighted by molar-refractivity contribution is -0.915. The molecule has 0 spiro atoms. The van der Waals surface area contributed by atoms with Crippen molar-refractivity contribution in [1.82, 2.24) is 0 Å². The fourth-order valence-electron chi connectivity index (χ4n) is 2.89. The SMILES string of the molecule is CCc1cccc(CC)c1NC(=O)C[N+](CC)(CC)CC. The van der Waals surface area contributed by atoms with Gasteiger partial charge in [-0.15, -0.1) is 0 Å². The Balaban J connectivity index is 2.93. The lowest BCUT2D eigenvalue weighted by atomic mass is 10.0. The summed E-state index contributed by atoms with van der Waals surface area (Å²) in [7, 11) is 0. The van der Waals surface area contributed by atoms with E-state index in [1.165, 1.54) is 11.1 Å². The van der Waals surface area contributed by atoms with Gasteiger partial charge in [0.2, 0.25) is 0 Å². The number of carbonyl (C=O) groups excluding carboxylic acids is 1. The summed E-state index contributed by atoms with van der Waals surface area (Å²) in [5.41, 5.74) is 3.49. The van der Waals surface area contributed by atoms with Crippen molar-refractivity contribution in [2.24, 2.45) is 0 Å². The molecule has 0 unspecified atom stereocenters. The van der Waals surface area contributed by atoms with Gasteiger partial charge in [0.15, 0.2) is 6.54 Å². The van der Waals surface area contributed by atoms with Crippen LogP contribution in [0.5, 0.6) is 0 Å². The average Bonchev–Trinajstić information content (AvgIpc) is 2.52. The van der Waals surface area contributed by atoms with Crippen molar-refractivity contribution in [3.8, 4) is 0 Å². The van der Waals surface area contributed by atoms with Gasteiger partial charge in [0, 0.05) is 5.69 Å². The van der Waals surface area contributed by atoms with Gasteiger partial charge in [-0.1, -0.05) is 32.0 Å². The lowest BCUT2D eigenvalue weighted by Crippen LogP contribution is -2.52. The fourth-order valence-corrected chi connectivity index (χ4v) is 2.89. The third kappa shape index (κ3) is 4.31. The third-order valence-corrected chi connectivity index (χ3v) is 4.75. The van der Waals surface area contributed by atoms with Crippen LogP contribution in [-0.4, -0.2) is 36.6 Å².